The van der Waals surface area contributed by atoms with E-state index in [9.17, 15) is 5.26 Å². The number of benzene rings is 2. The molecule has 0 radical (unpaired) electrons. The van der Waals surface area contributed by atoms with Gasteiger partial charge in [-0.1, -0.05) is 48.9 Å². The van der Waals surface area contributed by atoms with Crippen molar-refractivity contribution in [2.45, 2.75) is 34.1 Å². The molecule has 0 aliphatic carbocycles. The Balaban J connectivity index is 2.16. The lowest BCUT2D eigenvalue weighted by Gasteiger charge is -2.17. The zero-order valence-electron chi connectivity index (χ0n) is 16.2. The Bertz CT molecular complexity index is 1060. The van der Waals surface area contributed by atoms with Crippen molar-refractivity contribution in [1.29, 1.82) is 5.26 Å². The third kappa shape index (κ3) is 3.70. The van der Waals surface area contributed by atoms with Crippen molar-refractivity contribution in [2.24, 2.45) is 0 Å². The monoisotopic (exact) mass is 374 g/mol. The maximum absolute atomic E-state index is 9.67. The molecule has 2 aromatic carbocycles. The van der Waals surface area contributed by atoms with Gasteiger partial charge >= 0.3 is 0 Å². The van der Waals surface area contributed by atoms with Gasteiger partial charge in [0.25, 0.3) is 0 Å². The molecule has 0 unspecified atom stereocenters. The summed E-state index contributed by atoms with van der Waals surface area (Å²) in [5.74, 6) is 0. The van der Waals surface area contributed by atoms with Crippen LogP contribution in [0.4, 0.5) is 0 Å². The van der Waals surface area contributed by atoms with E-state index in [1.807, 2.05) is 30.3 Å². The fourth-order valence-corrected chi connectivity index (χ4v) is 3.78. The van der Waals surface area contributed by atoms with Gasteiger partial charge in [-0.05, 0) is 73.7 Å². The average Bonchev–Trinajstić information content (AvgIpc) is 2.92. The number of aryl methyl sites for hydroxylation is 3. The first-order valence-electron chi connectivity index (χ1n) is 9.11. The molecule has 0 fully saturated rings. The first-order valence-corrected chi connectivity index (χ1v) is 9.49. The number of aromatic nitrogens is 1. The molecule has 3 heteroatoms. The molecule has 0 N–H and O–H groups in total. The van der Waals surface area contributed by atoms with Gasteiger partial charge in [0.05, 0.1) is 17.3 Å². The summed E-state index contributed by atoms with van der Waals surface area (Å²) >= 11 is 6.10. The van der Waals surface area contributed by atoms with E-state index in [1.165, 1.54) is 16.8 Å². The summed E-state index contributed by atoms with van der Waals surface area (Å²) < 4.78 is 2.30. The lowest BCUT2D eigenvalue weighted by atomic mass is 10.0. The molecule has 0 spiro atoms. The second-order valence-corrected chi connectivity index (χ2v) is 7.21. The van der Waals surface area contributed by atoms with Gasteiger partial charge in [-0.3, -0.25) is 0 Å². The number of nitrogens with zero attached hydrogens (tertiary/aromatic N) is 2. The van der Waals surface area contributed by atoms with Crippen LogP contribution in [0.5, 0.6) is 0 Å². The van der Waals surface area contributed by atoms with Crippen molar-refractivity contribution in [1.82, 2.24) is 4.57 Å². The van der Waals surface area contributed by atoms with Crippen LogP contribution in [0.3, 0.4) is 0 Å². The molecule has 136 valence electrons. The smallest absolute Gasteiger partial charge is 0.0998 e. The molecule has 3 aromatic rings. The van der Waals surface area contributed by atoms with Gasteiger partial charge in [-0.15, -0.1) is 0 Å². The molecule has 0 bridgehead atoms. The van der Waals surface area contributed by atoms with E-state index in [2.05, 4.69) is 62.6 Å². The Morgan fingerprint density at radius 2 is 1.85 bits per heavy atom. The minimum atomic E-state index is 0.609. The van der Waals surface area contributed by atoms with Crippen molar-refractivity contribution in [3.05, 3.63) is 87.2 Å². The van der Waals surface area contributed by atoms with Crippen molar-refractivity contribution >= 4 is 23.3 Å². The Morgan fingerprint density at radius 3 is 2.52 bits per heavy atom. The number of halogens is 1. The average molecular weight is 375 g/mol. The quantitative estimate of drug-likeness (QED) is 0.468. The number of nitriles is 1. The third-order valence-corrected chi connectivity index (χ3v) is 5.19. The summed E-state index contributed by atoms with van der Waals surface area (Å²) in [5.41, 5.74) is 8.60. The van der Waals surface area contributed by atoms with E-state index in [1.54, 1.807) is 0 Å². The molecule has 0 atom stereocenters. The molecule has 1 heterocycles. The predicted molar refractivity (Wildman–Crippen MR) is 114 cm³/mol. The van der Waals surface area contributed by atoms with Crippen LogP contribution < -0.4 is 0 Å². The van der Waals surface area contributed by atoms with Gasteiger partial charge in [0.1, 0.15) is 0 Å². The van der Waals surface area contributed by atoms with Gasteiger partial charge < -0.3 is 4.57 Å². The van der Waals surface area contributed by atoms with E-state index in [4.69, 9.17) is 11.6 Å². The highest BCUT2D eigenvalue weighted by Gasteiger charge is 2.15. The highest BCUT2D eigenvalue weighted by Crippen LogP contribution is 2.29. The summed E-state index contributed by atoms with van der Waals surface area (Å²) in [6, 6.07) is 18.3. The Morgan fingerprint density at radius 1 is 1.11 bits per heavy atom. The molecule has 27 heavy (non-hydrogen) atoms. The van der Waals surface area contributed by atoms with E-state index in [0.717, 1.165) is 28.9 Å². The second-order valence-electron chi connectivity index (χ2n) is 6.78. The van der Waals surface area contributed by atoms with Gasteiger partial charge in [-0.25, -0.2) is 0 Å². The highest BCUT2D eigenvalue weighted by molar-refractivity contribution is 6.30. The van der Waals surface area contributed by atoms with Crippen molar-refractivity contribution in [2.75, 3.05) is 0 Å². The maximum atomic E-state index is 9.67. The maximum Gasteiger partial charge on any atom is 0.0998 e. The van der Waals surface area contributed by atoms with Crippen LogP contribution in [0.1, 0.15) is 40.6 Å². The first kappa shape index (κ1) is 19.0. The van der Waals surface area contributed by atoms with E-state index >= 15 is 0 Å². The Labute approximate surface area is 166 Å². The minimum absolute atomic E-state index is 0.609. The van der Waals surface area contributed by atoms with Crippen LogP contribution in [0, 0.1) is 32.1 Å². The predicted octanol–water partition coefficient (Wildman–Crippen LogP) is 6.68. The molecule has 0 saturated carbocycles. The zero-order chi connectivity index (χ0) is 19.6. The molecule has 0 aliphatic rings. The topological polar surface area (TPSA) is 28.7 Å². The SMILES string of the molecule is CCc1cccc(C)c1-n1c(C)cc(/C=C(/C#N)c2cccc(Cl)c2)c1C. The number of para-hydroxylation sites is 1. The molecule has 2 nitrogen and oxygen atoms in total. The molecule has 0 amide bonds. The van der Waals surface area contributed by atoms with E-state index < -0.39 is 0 Å². The number of hydrogen-bond donors (Lipinski definition) is 0. The number of rotatable bonds is 4. The van der Waals surface area contributed by atoms with Crippen LogP contribution in [-0.2, 0) is 6.42 Å². The lowest BCUT2D eigenvalue weighted by Crippen LogP contribution is -2.05. The van der Waals surface area contributed by atoms with Crippen LogP contribution in [-0.4, -0.2) is 4.57 Å². The molecular formula is C24H23ClN2. The Kier molecular flexibility index (Phi) is 5.54. The van der Waals surface area contributed by atoms with Crippen LogP contribution in [0.15, 0.2) is 48.5 Å². The highest BCUT2D eigenvalue weighted by atomic mass is 35.5. The van der Waals surface area contributed by atoms with Gasteiger partial charge in [-0.2, -0.15) is 5.26 Å². The first-order chi connectivity index (χ1) is 13.0. The molecule has 0 saturated heterocycles. The van der Waals surface area contributed by atoms with Gasteiger partial charge in [0, 0.05) is 16.4 Å². The van der Waals surface area contributed by atoms with Gasteiger partial charge in [0.15, 0.2) is 0 Å². The largest absolute Gasteiger partial charge is 0.317 e. The van der Waals surface area contributed by atoms with Crippen molar-refractivity contribution in [3.63, 3.8) is 0 Å². The Hall–Kier alpha value is -2.76. The minimum Gasteiger partial charge on any atom is -0.317 e. The third-order valence-electron chi connectivity index (χ3n) is 4.95. The van der Waals surface area contributed by atoms with Crippen molar-refractivity contribution < 1.29 is 0 Å². The summed E-state index contributed by atoms with van der Waals surface area (Å²) in [7, 11) is 0. The summed E-state index contributed by atoms with van der Waals surface area (Å²) in [6.07, 6.45) is 2.93. The van der Waals surface area contributed by atoms with Gasteiger partial charge in [0.2, 0.25) is 0 Å². The standard InChI is InChI=1S/C24H23ClN2/c1-5-19-9-6-8-16(2)24(19)27-17(3)12-21(18(27)4)13-22(15-26)20-10-7-11-23(25)14-20/h6-14H,5H2,1-4H3/b22-13-. The summed E-state index contributed by atoms with van der Waals surface area (Å²) in [5, 5.41) is 10.3. The lowest BCUT2D eigenvalue weighted by molar-refractivity contribution is 0.925. The van der Waals surface area contributed by atoms with E-state index in [0.29, 0.717) is 10.6 Å². The molecule has 0 aliphatic heterocycles. The van der Waals surface area contributed by atoms with Crippen molar-refractivity contribution in [3.8, 4) is 11.8 Å². The van der Waals surface area contributed by atoms with E-state index in [-0.39, 0.29) is 0 Å². The normalized spacial score (nSPS) is 11.5. The molecular weight excluding hydrogens is 352 g/mol. The van der Waals surface area contributed by atoms with Crippen LogP contribution in [0.25, 0.3) is 17.3 Å². The van der Waals surface area contributed by atoms with Crippen LogP contribution >= 0.6 is 11.6 Å². The fraction of sp³-hybridized carbons (Fsp3) is 0.208. The second kappa shape index (κ2) is 7.86. The summed E-state index contributed by atoms with van der Waals surface area (Å²) in [6.45, 7) is 8.55. The summed E-state index contributed by atoms with van der Waals surface area (Å²) in [4.78, 5) is 0. The zero-order valence-corrected chi connectivity index (χ0v) is 16.9. The van der Waals surface area contributed by atoms with Crippen LogP contribution in [0.2, 0.25) is 5.02 Å². The fourth-order valence-electron chi connectivity index (χ4n) is 3.59. The molecule has 3 rings (SSSR count). The number of allylic oxidation sites excluding steroid dienone is 1. The number of hydrogen-bond acceptors (Lipinski definition) is 1. The molecule has 1 aromatic heterocycles.